The fraction of sp³-hybridized carbons (Fsp3) is 0.143. The molecule has 0 saturated carbocycles. The lowest BCUT2D eigenvalue weighted by molar-refractivity contribution is -0.115. The molecule has 2 amide bonds. The van der Waals surface area contributed by atoms with E-state index in [-0.39, 0.29) is 12.1 Å². The van der Waals surface area contributed by atoms with E-state index in [0.29, 0.717) is 16.0 Å². The SMILES string of the molecule is Cc1cc(-c2cccc(-c3csc(NC(=O)CNC(=O)c4cn(S(C)(=O)=O)c5ccccc45)n3)c2)cc(C)n1. The molecule has 0 fully saturated rings. The average Bonchev–Trinajstić information content (AvgIpc) is 3.52. The lowest BCUT2D eigenvalue weighted by Gasteiger charge is -2.06. The average molecular weight is 560 g/mol. The summed E-state index contributed by atoms with van der Waals surface area (Å²) < 4.78 is 25.3. The Labute approximate surface area is 229 Å². The van der Waals surface area contributed by atoms with E-state index in [2.05, 4.69) is 20.6 Å². The van der Waals surface area contributed by atoms with Crippen LogP contribution in [0, 0.1) is 13.8 Å². The predicted molar refractivity (Wildman–Crippen MR) is 153 cm³/mol. The number of carbonyl (C=O) groups is 2. The molecule has 0 aliphatic carbocycles. The highest BCUT2D eigenvalue weighted by molar-refractivity contribution is 7.89. The van der Waals surface area contributed by atoms with Crippen LogP contribution in [-0.4, -0.2) is 47.0 Å². The molecule has 2 N–H and O–H groups in total. The molecule has 198 valence electrons. The van der Waals surface area contributed by atoms with E-state index in [4.69, 9.17) is 0 Å². The summed E-state index contributed by atoms with van der Waals surface area (Å²) >= 11 is 1.28. The summed E-state index contributed by atoms with van der Waals surface area (Å²) in [5, 5.41) is 8.01. The molecule has 0 unspecified atom stereocenters. The summed E-state index contributed by atoms with van der Waals surface area (Å²) in [7, 11) is -3.61. The molecule has 3 aromatic heterocycles. The Morgan fingerprint density at radius 2 is 1.64 bits per heavy atom. The van der Waals surface area contributed by atoms with Crippen molar-refractivity contribution in [2.45, 2.75) is 13.8 Å². The second kappa shape index (κ2) is 10.4. The van der Waals surface area contributed by atoms with E-state index in [1.165, 1.54) is 17.5 Å². The highest BCUT2D eigenvalue weighted by atomic mass is 32.2. The van der Waals surface area contributed by atoms with Crippen molar-refractivity contribution in [2.24, 2.45) is 0 Å². The molecule has 39 heavy (non-hydrogen) atoms. The normalized spacial score (nSPS) is 11.5. The van der Waals surface area contributed by atoms with Crippen molar-refractivity contribution in [3.63, 3.8) is 0 Å². The minimum absolute atomic E-state index is 0.167. The van der Waals surface area contributed by atoms with Gasteiger partial charge in [0, 0.05) is 33.9 Å². The quantitative estimate of drug-likeness (QED) is 0.300. The van der Waals surface area contributed by atoms with Gasteiger partial charge in [0.05, 0.1) is 29.6 Å². The van der Waals surface area contributed by atoms with Crippen LogP contribution in [0.4, 0.5) is 5.13 Å². The Kier molecular flexibility index (Phi) is 7.02. The molecule has 0 bridgehead atoms. The van der Waals surface area contributed by atoms with Crippen LogP contribution in [0.25, 0.3) is 33.3 Å². The van der Waals surface area contributed by atoms with Crippen LogP contribution in [0.1, 0.15) is 21.7 Å². The number of nitrogens with zero attached hydrogens (tertiary/aromatic N) is 3. The van der Waals surface area contributed by atoms with Gasteiger partial charge in [-0.25, -0.2) is 17.4 Å². The monoisotopic (exact) mass is 559 g/mol. The van der Waals surface area contributed by atoms with Crippen LogP contribution >= 0.6 is 11.3 Å². The highest BCUT2D eigenvalue weighted by Crippen LogP contribution is 2.29. The first-order chi connectivity index (χ1) is 18.6. The summed E-state index contributed by atoms with van der Waals surface area (Å²) in [4.78, 5) is 34.4. The van der Waals surface area contributed by atoms with Crippen molar-refractivity contribution in [3.05, 3.63) is 89.2 Å². The van der Waals surface area contributed by atoms with Crippen molar-refractivity contribution >= 4 is 49.2 Å². The number of rotatable bonds is 7. The largest absolute Gasteiger partial charge is 0.343 e. The molecule has 2 aromatic carbocycles. The number of benzene rings is 2. The lowest BCUT2D eigenvalue weighted by atomic mass is 10.0. The predicted octanol–water partition coefficient (Wildman–Crippen LogP) is 4.62. The number of nitrogens with one attached hydrogen (secondary N) is 2. The number of hydrogen-bond donors (Lipinski definition) is 2. The van der Waals surface area contributed by atoms with Gasteiger partial charge >= 0.3 is 0 Å². The molecule has 0 aliphatic rings. The number of aromatic nitrogens is 3. The van der Waals surface area contributed by atoms with Gasteiger partial charge < -0.3 is 10.6 Å². The molecule has 3 heterocycles. The van der Waals surface area contributed by atoms with E-state index in [1.807, 2.05) is 55.6 Å². The van der Waals surface area contributed by atoms with Gasteiger partial charge in [0.1, 0.15) is 0 Å². The summed E-state index contributed by atoms with van der Waals surface area (Å²) in [6.07, 6.45) is 2.33. The molecule has 0 atom stereocenters. The van der Waals surface area contributed by atoms with Crippen molar-refractivity contribution in [1.29, 1.82) is 0 Å². The van der Waals surface area contributed by atoms with Crippen LogP contribution in [0.5, 0.6) is 0 Å². The number of thiazole rings is 1. The maximum Gasteiger partial charge on any atom is 0.253 e. The Hall–Kier alpha value is -4.35. The molecular formula is C28H25N5O4S2. The van der Waals surface area contributed by atoms with Gasteiger partial charge in [-0.3, -0.25) is 14.6 Å². The molecular weight excluding hydrogens is 534 g/mol. The van der Waals surface area contributed by atoms with E-state index in [9.17, 15) is 18.0 Å². The minimum Gasteiger partial charge on any atom is -0.343 e. The van der Waals surface area contributed by atoms with Gasteiger partial charge in [0.25, 0.3) is 5.91 Å². The second-order valence-corrected chi connectivity index (χ2v) is 11.8. The van der Waals surface area contributed by atoms with Gasteiger partial charge in [0.2, 0.25) is 15.9 Å². The standard InChI is InChI=1S/C28H25N5O4S2/c1-17-11-21(12-18(2)30-17)19-7-6-8-20(13-19)24-16-38-28(31-24)32-26(34)14-29-27(35)23-15-33(39(3,36)37)25-10-5-4-9-22(23)25/h4-13,15-16H,14H2,1-3H3,(H,29,35)(H,31,32,34). The first-order valence-electron chi connectivity index (χ1n) is 12.0. The van der Waals surface area contributed by atoms with E-state index >= 15 is 0 Å². The van der Waals surface area contributed by atoms with E-state index in [0.717, 1.165) is 44.0 Å². The molecule has 0 aliphatic heterocycles. The Morgan fingerprint density at radius 1 is 0.923 bits per heavy atom. The highest BCUT2D eigenvalue weighted by Gasteiger charge is 2.19. The van der Waals surface area contributed by atoms with Gasteiger partial charge in [-0.05, 0) is 49.2 Å². The molecule has 0 spiro atoms. The zero-order valence-electron chi connectivity index (χ0n) is 21.4. The number of para-hydroxylation sites is 1. The fourth-order valence-electron chi connectivity index (χ4n) is 4.35. The first-order valence-corrected chi connectivity index (χ1v) is 14.7. The summed E-state index contributed by atoms with van der Waals surface area (Å²) in [6, 6.07) is 18.8. The third-order valence-corrected chi connectivity index (χ3v) is 7.79. The number of pyridine rings is 1. The first kappa shape index (κ1) is 26.3. The van der Waals surface area contributed by atoms with Gasteiger partial charge in [-0.15, -0.1) is 11.3 Å². The van der Waals surface area contributed by atoms with Crippen LogP contribution in [-0.2, 0) is 14.8 Å². The number of carbonyl (C=O) groups excluding carboxylic acids is 2. The summed E-state index contributed by atoms with van der Waals surface area (Å²) in [5.74, 6) is -1.01. The molecule has 0 radical (unpaired) electrons. The fourth-order valence-corrected chi connectivity index (χ4v) is 5.90. The van der Waals surface area contributed by atoms with Crippen LogP contribution in [0.3, 0.4) is 0 Å². The van der Waals surface area contributed by atoms with Gasteiger partial charge in [-0.1, -0.05) is 36.4 Å². The molecule has 5 aromatic rings. The Morgan fingerprint density at radius 3 is 2.38 bits per heavy atom. The number of fused-ring (bicyclic) bond motifs is 1. The van der Waals surface area contributed by atoms with Gasteiger partial charge in [0.15, 0.2) is 5.13 Å². The number of anilines is 1. The lowest BCUT2D eigenvalue weighted by Crippen LogP contribution is -2.32. The molecule has 11 heteroatoms. The minimum atomic E-state index is -3.61. The topological polar surface area (TPSA) is 123 Å². The number of aryl methyl sites for hydroxylation is 2. The second-order valence-electron chi connectivity index (χ2n) is 9.11. The summed E-state index contributed by atoms with van der Waals surface area (Å²) in [6.45, 7) is 3.63. The summed E-state index contributed by atoms with van der Waals surface area (Å²) in [5.41, 5.74) is 6.19. The third kappa shape index (κ3) is 5.74. The number of amides is 2. The Bertz CT molecular complexity index is 1820. The smallest absolute Gasteiger partial charge is 0.253 e. The zero-order valence-corrected chi connectivity index (χ0v) is 23.1. The number of hydrogen-bond acceptors (Lipinski definition) is 7. The van der Waals surface area contributed by atoms with E-state index in [1.54, 1.807) is 24.3 Å². The molecule has 0 saturated heterocycles. The zero-order chi connectivity index (χ0) is 27.7. The van der Waals surface area contributed by atoms with Crippen molar-refractivity contribution in [1.82, 2.24) is 19.3 Å². The Balaban J connectivity index is 1.26. The van der Waals surface area contributed by atoms with Crippen LogP contribution in [0.15, 0.2) is 72.2 Å². The van der Waals surface area contributed by atoms with Gasteiger partial charge in [-0.2, -0.15) is 0 Å². The van der Waals surface area contributed by atoms with Crippen molar-refractivity contribution in [2.75, 3.05) is 18.1 Å². The molecule has 5 rings (SSSR count). The van der Waals surface area contributed by atoms with Crippen molar-refractivity contribution < 1.29 is 18.0 Å². The van der Waals surface area contributed by atoms with Crippen LogP contribution < -0.4 is 10.6 Å². The van der Waals surface area contributed by atoms with Crippen LogP contribution in [0.2, 0.25) is 0 Å². The van der Waals surface area contributed by atoms with E-state index < -0.39 is 21.8 Å². The maximum absolute atomic E-state index is 12.8. The maximum atomic E-state index is 12.8. The molecule has 9 nitrogen and oxygen atoms in total. The van der Waals surface area contributed by atoms with Crippen molar-refractivity contribution in [3.8, 4) is 22.4 Å². The third-order valence-electron chi connectivity index (χ3n) is 6.01.